The number of hydrogen-bond acceptors (Lipinski definition) is 5. The van der Waals surface area contributed by atoms with Gasteiger partial charge in [-0.15, -0.1) is 0 Å². The lowest BCUT2D eigenvalue weighted by atomic mass is 9.92. The molecule has 0 spiro atoms. The molecule has 2 aromatic heterocycles. The van der Waals surface area contributed by atoms with Crippen molar-refractivity contribution in [2.45, 2.75) is 19.3 Å². The highest BCUT2D eigenvalue weighted by Gasteiger charge is 2.30. The zero-order chi connectivity index (χ0) is 20.5. The van der Waals surface area contributed by atoms with E-state index in [1.807, 2.05) is 18.2 Å². The van der Waals surface area contributed by atoms with Crippen molar-refractivity contribution in [2.75, 3.05) is 42.6 Å². The molecule has 1 N–H and O–H groups in total. The maximum Gasteiger partial charge on any atom is 0.143 e. The van der Waals surface area contributed by atoms with Crippen LogP contribution in [0.4, 0.5) is 15.9 Å². The van der Waals surface area contributed by atoms with Crippen LogP contribution in [0.15, 0.2) is 48.7 Å². The molecule has 2 fully saturated rings. The van der Waals surface area contributed by atoms with Gasteiger partial charge in [-0.25, -0.2) is 9.37 Å². The van der Waals surface area contributed by atoms with Gasteiger partial charge in [0.25, 0.3) is 0 Å². The third-order valence-corrected chi connectivity index (χ3v) is 6.47. The van der Waals surface area contributed by atoms with Crippen LogP contribution in [-0.4, -0.2) is 47.9 Å². The molecular formula is C24H27FN4O. The Hall–Kier alpha value is -2.73. The molecule has 3 aromatic rings. The van der Waals surface area contributed by atoms with Crippen molar-refractivity contribution >= 4 is 22.4 Å². The van der Waals surface area contributed by atoms with Gasteiger partial charge in [-0.3, -0.25) is 4.98 Å². The summed E-state index contributed by atoms with van der Waals surface area (Å²) in [6.45, 7) is 3.82. The van der Waals surface area contributed by atoms with Crippen LogP contribution in [0, 0.1) is 17.7 Å². The van der Waals surface area contributed by atoms with Gasteiger partial charge in [-0.2, -0.15) is 0 Å². The van der Waals surface area contributed by atoms with E-state index in [0.717, 1.165) is 73.5 Å². The highest BCUT2D eigenvalue weighted by molar-refractivity contribution is 5.80. The number of nitrogens with zero attached hydrogens (tertiary/aromatic N) is 4. The minimum Gasteiger partial charge on any atom is -0.396 e. The molecule has 30 heavy (non-hydrogen) atoms. The third-order valence-electron chi connectivity index (χ3n) is 6.47. The molecule has 0 saturated carbocycles. The number of aliphatic hydroxyl groups is 1. The lowest BCUT2D eigenvalue weighted by Crippen LogP contribution is -2.48. The summed E-state index contributed by atoms with van der Waals surface area (Å²) in [6.07, 6.45) is 4.06. The molecule has 0 atom stereocenters. The molecule has 2 aliphatic rings. The molecule has 0 amide bonds. The summed E-state index contributed by atoms with van der Waals surface area (Å²) in [5, 5.41) is 10.5. The summed E-state index contributed by atoms with van der Waals surface area (Å²) >= 11 is 0. The second-order valence-electron chi connectivity index (χ2n) is 8.57. The first kappa shape index (κ1) is 19.2. The maximum atomic E-state index is 13.9. The first-order valence-corrected chi connectivity index (χ1v) is 10.8. The van der Waals surface area contributed by atoms with Gasteiger partial charge in [-0.05, 0) is 49.3 Å². The SMILES string of the molecule is OCC1CCN(c2cc(F)cnc2CC2CN(c3ccc4ccccc4n3)C2)CC1. The zero-order valence-corrected chi connectivity index (χ0v) is 17.0. The van der Waals surface area contributed by atoms with Gasteiger partial charge in [0.15, 0.2) is 0 Å². The van der Waals surface area contributed by atoms with Crippen LogP contribution in [-0.2, 0) is 6.42 Å². The number of pyridine rings is 2. The monoisotopic (exact) mass is 406 g/mol. The Kier molecular flexibility index (Phi) is 5.25. The zero-order valence-electron chi connectivity index (χ0n) is 17.0. The summed E-state index contributed by atoms with van der Waals surface area (Å²) in [6, 6.07) is 14.0. The summed E-state index contributed by atoms with van der Waals surface area (Å²) in [5.74, 6) is 1.59. The second kappa shape index (κ2) is 8.19. The molecule has 0 unspecified atom stereocenters. The van der Waals surface area contributed by atoms with E-state index in [9.17, 15) is 9.50 Å². The van der Waals surface area contributed by atoms with Gasteiger partial charge in [0.1, 0.15) is 11.6 Å². The van der Waals surface area contributed by atoms with E-state index in [1.54, 1.807) is 6.07 Å². The minimum absolute atomic E-state index is 0.239. The van der Waals surface area contributed by atoms with Crippen molar-refractivity contribution < 1.29 is 9.50 Å². The Labute approximate surface area is 176 Å². The van der Waals surface area contributed by atoms with Gasteiger partial charge in [-0.1, -0.05) is 18.2 Å². The van der Waals surface area contributed by atoms with E-state index < -0.39 is 0 Å². The summed E-state index contributed by atoms with van der Waals surface area (Å²) in [5.41, 5.74) is 2.93. The molecule has 4 heterocycles. The number of para-hydroxylation sites is 1. The van der Waals surface area contributed by atoms with Crippen LogP contribution in [0.2, 0.25) is 0 Å². The quantitative estimate of drug-likeness (QED) is 0.701. The van der Waals surface area contributed by atoms with Crippen LogP contribution < -0.4 is 9.80 Å². The first-order valence-electron chi connectivity index (χ1n) is 10.8. The maximum absolute atomic E-state index is 13.9. The van der Waals surface area contributed by atoms with E-state index in [2.05, 4.69) is 33.0 Å². The average Bonchev–Trinajstić information content (AvgIpc) is 2.76. The molecule has 156 valence electrons. The Balaban J connectivity index is 1.26. The van der Waals surface area contributed by atoms with E-state index in [0.29, 0.717) is 11.8 Å². The standard InChI is InChI=1S/C24H27FN4O/c25-20-12-23(28-9-7-17(16-30)8-10-28)22(26-13-20)11-18-14-29(15-18)24-6-5-19-3-1-2-4-21(19)27-24/h1-6,12-13,17-18,30H,7-11,14-16H2. The number of rotatable bonds is 5. The van der Waals surface area contributed by atoms with E-state index >= 15 is 0 Å². The highest BCUT2D eigenvalue weighted by Crippen LogP contribution is 2.31. The minimum atomic E-state index is -0.284. The van der Waals surface area contributed by atoms with Gasteiger partial charge in [0, 0.05) is 44.2 Å². The normalized spacial score (nSPS) is 18.1. The summed E-state index contributed by atoms with van der Waals surface area (Å²) in [7, 11) is 0. The molecular weight excluding hydrogens is 379 g/mol. The number of benzene rings is 1. The number of piperidine rings is 1. The first-order chi connectivity index (χ1) is 14.7. The Morgan fingerprint density at radius 3 is 2.60 bits per heavy atom. The van der Waals surface area contributed by atoms with Crippen LogP contribution in [0.3, 0.4) is 0 Å². The molecule has 6 heteroatoms. The molecule has 5 rings (SSSR count). The van der Waals surface area contributed by atoms with Crippen LogP contribution in [0.25, 0.3) is 10.9 Å². The fourth-order valence-corrected chi connectivity index (χ4v) is 4.64. The molecule has 2 saturated heterocycles. The topological polar surface area (TPSA) is 52.5 Å². The van der Waals surface area contributed by atoms with Crippen molar-refractivity contribution in [3.8, 4) is 0 Å². The van der Waals surface area contributed by atoms with Crippen molar-refractivity contribution in [1.82, 2.24) is 9.97 Å². The van der Waals surface area contributed by atoms with Crippen molar-refractivity contribution in [2.24, 2.45) is 11.8 Å². The predicted molar refractivity (Wildman–Crippen MR) is 117 cm³/mol. The number of fused-ring (bicyclic) bond motifs is 1. The van der Waals surface area contributed by atoms with E-state index in [-0.39, 0.29) is 12.4 Å². The molecule has 5 nitrogen and oxygen atoms in total. The lowest BCUT2D eigenvalue weighted by Gasteiger charge is -2.41. The van der Waals surface area contributed by atoms with Crippen LogP contribution in [0.5, 0.6) is 0 Å². The molecule has 0 bridgehead atoms. The Morgan fingerprint density at radius 2 is 1.80 bits per heavy atom. The average molecular weight is 407 g/mol. The Morgan fingerprint density at radius 1 is 1.00 bits per heavy atom. The lowest BCUT2D eigenvalue weighted by molar-refractivity contribution is 0.203. The fourth-order valence-electron chi connectivity index (χ4n) is 4.64. The third kappa shape index (κ3) is 3.84. The summed E-state index contributed by atoms with van der Waals surface area (Å²) < 4.78 is 13.9. The van der Waals surface area contributed by atoms with Gasteiger partial charge in [0.2, 0.25) is 0 Å². The van der Waals surface area contributed by atoms with Crippen LogP contribution >= 0.6 is 0 Å². The number of anilines is 2. The Bertz CT molecular complexity index is 1030. The van der Waals surface area contributed by atoms with Crippen molar-refractivity contribution in [1.29, 1.82) is 0 Å². The second-order valence-corrected chi connectivity index (χ2v) is 8.57. The number of hydrogen-bond donors (Lipinski definition) is 1. The largest absolute Gasteiger partial charge is 0.396 e. The molecule has 0 radical (unpaired) electrons. The fraction of sp³-hybridized carbons (Fsp3) is 0.417. The van der Waals surface area contributed by atoms with Crippen LogP contribution in [0.1, 0.15) is 18.5 Å². The molecule has 1 aromatic carbocycles. The van der Waals surface area contributed by atoms with Gasteiger partial charge in [0.05, 0.1) is 23.1 Å². The highest BCUT2D eigenvalue weighted by atomic mass is 19.1. The van der Waals surface area contributed by atoms with Crippen molar-refractivity contribution in [3.05, 3.63) is 60.2 Å². The summed E-state index contributed by atoms with van der Waals surface area (Å²) in [4.78, 5) is 13.8. The number of halogens is 1. The number of aromatic nitrogens is 2. The molecule has 0 aliphatic carbocycles. The predicted octanol–water partition coefficient (Wildman–Crippen LogP) is 3.66. The van der Waals surface area contributed by atoms with E-state index in [4.69, 9.17) is 4.98 Å². The van der Waals surface area contributed by atoms with Gasteiger partial charge < -0.3 is 14.9 Å². The van der Waals surface area contributed by atoms with Crippen molar-refractivity contribution in [3.63, 3.8) is 0 Å². The molecule has 2 aliphatic heterocycles. The number of aliphatic hydroxyl groups excluding tert-OH is 1. The smallest absolute Gasteiger partial charge is 0.143 e. The van der Waals surface area contributed by atoms with E-state index in [1.165, 1.54) is 6.20 Å². The van der Waals surface area contributed by atoms with Gasteiger partial charge >= 0.3 is 0 Å².